The van der Waals surface area contributed by atoms with E-state index in [2.05, 4.69) is 15.0 Å². The zero-order valence-corrected chi connectivity index (χ0v) is 13.3. The Morgan fingerprint density at radius 1 is 1.50 bits per heavy atom. The molecule has 1 aliphatic heterocycles. The van der Waals surface area contributed by atoms with Crippen LogP contribution in [0.2, 0.25) is 0 Å². The summed E-state index contributed by atoms with van der Waals surface area (Å²) < 4.78 is 27.5. The van der Waals surface area contributed by atoms with E-state index in [0.29, 0.717) is 17.5 Å². The van der Waals surface area contributed by atoms with E-state index in [0.717, 1.165) is 25.1 Å². The number of sulfonamides is 1. The third-order valence-electron chi connectivity index (χ3n) is 3.16. The van der Waals surface area contributed by atoms with E-state index in [-0.39, 0.29) is 4.90 Å². The van der Waals surface area contributed by atoms with Gasteiger partial charge in [-0.15, -0.1) is 0 Å². The Kier molecular flexibility index (Phi) is 5.68. The van der Waals surface area contributed by atoms with E-state index >= 15 is 0 Å². The smallest absolute Gasteiger partial charge is 0.244 e. The minimum absolute atomic E-state index is 0.233. The molecule has 1 aliphatic rings. The first-order valence-corrected chi connectivity index (χ1v) is 9.46. The Balaban J connectivity index is 2.07. The highest BCUT2D eigenvalue weighted by Crippen LogP contribution is 2.26. The second-order valence-electron chi connectivity index (χ2n) is 4.79. The first-order chi connectivity index (χ1) is 9.63. The lowest BCUT2D eigenvalue weighted by atomic mass is 10.2. The number of nitrogens with zero attached hydrogens (tertiary/aromatic N) is 1. The molecule has 0 spiro atoms. The molecule has 0 aromatic carbocycles. The van der Waals surface area contributed by atoms with Crippen LogP contribution in [0.3, 0.4) is 0 Å². The molecule has 0 amide bonds. The van der Waals surface area contributed by atoms with Crippen molar-refractivity contribution in [3.63, 3.8) is 0 Å². The molecule has 1 fully saturated rings. The van der Waals surface area contributed by atoms with Crippen LogP contribution in [0.5, 0.6) is 0 Å². The Morgan fingerprint density at radius 2 is 2.35 bits per heavy atom. The van der Waals surface area contributed by atoms with E-state index in [9.17, 15) is 8.42 Å². The summed E-state index contributed by atoms with van der Waals surface area (Å²) in [5, 5.41) is 3.53. The van der Waals surface area contributed by atoms with Gasteiger partial charge in [0.1, 0.15) is 4.90 Å². The molecule has 5 nitrogen and oxygen atoms in total. The molecule has 7 heteroatoms. The lowest BCUT2D eigenvalue weighted by Crippen LogP contribution is -2.30. The van der Waals surface area contributed by atoms with E-state index in [4.69, 9.17) is 0 Å². The molecule has 112 valence electrons. The van der Waals surface area contributed by atoms with Gasteiger partial charge in [0.05, 0.1) is 5.69 Å². The molecule has 20 heavy (non-hydrogen) atoms. The molecule has 0 radical (unpaired) electrons. The summed E-state index contributed by atoms with van der Waals surface area (Å²) in [5.41, 5.74) is 0.619. The van der Waals surface area contributed by atoms with Gasteiger partial charge in [0.2, 0.25) is 10.0 Å². The van der Waals surface area contributed by atoms with Gasteiger partial charge in [-0.25, -0.2) is 13.1 Å². The topological polar surface area (TPSA) is 71.1 Å². The molecule has 2 heterocycles. The van der Waals surface area contributed by atoms with Gasteiger partial charge in [-0.3, -0.25) is 4.98 Å². The minimum Gasteiger partial charge on any atom is -0.384 e. The Morgan fingerprint density at radius 3 is 3.05 bits per heavy atom. The van der Waals surface area contributed by atoms with Gasteiger partial charge in [0.25, 0.3) is 0 Å². The summed E-state index contributed by atoms with van der Waals surface area (Å²) in [4.78, 5) is 4.17. The van der Waals surface area contributed by atoms with Crippen LogP contribution < -0.4 is 10.0 Å². The predicted octanol–water partition coefficient (Wildman–Crippen LogP) is 2.08. The summed E-state index contributed by atoms with van der Waals surface area (Å²) in [6, 6.07) is 1.70. The predicted molar refractivity (Wildman–Crippen MR) is 83.7 cm³/mol. The first-order valence-electron chi connectivity index (χ1n) is 6.92. The van der Waals surface area contributed by atoms with Crippen molar-refractivity contribution in [3.8, 4) is 0 Å². The van der Waals surface area contributed by atoms with Gasteiger partial charge in [0.15, 0.2) is 0 Å². The van der Waals surface area contributed by atoms with Crippen molar-refractivity contribution in [2.24, 2.45) is 0 Å². The average Bonchev–Trinajstić information content (AvgIpc) is 2.97. The van der Waals surface area contributed by atoms with Crippen LogP contribution in [0.4, 0.5) is 5.69 Å². The number of hydrogen-bond acceptors (Lipinski definition) is 5. The highest BCUT2D eigenvalue weighted by atomic mass is 32.2. The number of thioether (sulfide) groups is 1. The number of hydrogen-bond donors (Lipinski definition) is 2. The Hall–Kier alpha value is -0.790. The fourth-order valence-corrected chi connectivity index (χ4v) is 4.60. The molecular weight excluding hydrogens is 294 g/mol. The van der Waals surface area contributed by atoms with Crippen LogP contribution in [-0.4, -0.2) is 37.5 Å². The molecule has 1 aromatic rings. The molecule has 0 aliphatic carbocycles. The van der Waals surface area contributed by atoms with Crippen LogP contribution >= 0.6 is 11.8 Å². The Bertz CT molecular complexity index is 528. The van der Waals surface area contributed by atoms with Crippen molar-refractivity contribution in [1.82, 2.24) is 9.71 Å². The monoisotopic (exact) mass is 315 g/mol. The van der Waals surface area contributed by atoms with E-state index < -0.39 is 10.0 Å². The normalized spacial score (nSPS) is 19.1. The second-order valence-corrected chi connectivity index (χ2v) is 7.93. The largest absolute Gasteiger partial charge is 0.384 e. The van der Waals surface area contributed by atoms with Crippen LogP contribution in [0.15, 0.2) is 23.4 Å². The van der Waals surface area contributed by atoms with Crippen molar-refractivity contribution in [2.75, 3.05) is 24.2 Å². The molecular formula is C13H21N3O2S2. The first kappa shape index (κ1) is 15.6. The summed E-state index contributed by atoms with van der Waals surface area (Å²) >= 11 is 1.84. The fourth-order valence-electron chi connectivity index (χ4n) is 2.09. The highest BCUT2D eigenvalue weighted by Gasteiger charge is 2.22. The number of aromatic nitrogens is 1. The van der Waals surface area contributed by atoms with E-state index in [1.165, 1.54) is 12.6 Å². The quantitative estimate of drug-likeness (QED) is 0.806. The van der Waals surface area contributed by atoms with Crippen molar-refractivity contribution in [3.05, 3.63) is 18.5 Å². The summed E-state index contributed by atoms with van der Waals surface area (Å²) in [6.07, 6.45) is 6.20. The summed E-state index contributed by atoms with van der Waals surface area (Å²) in [6.45, 7) is 3.28. The molecule has 1 unspecified atom stereocenters. The van der Waals surface area contributed by atoms with Crippen molar-refractivity contribution in [1.29, 1.82) is 0 Å². The molecule has 1 saturated heterocycles. The van der Waals surface area contributed by atoms with E-state index in [1.54, 1.807) is 12.3 Å². The van der Waals surface area contributed by atoms with Crippen LogP contribution in [-0.2, 0) is 10.0 Å². The summed E-state index contributed by atoms with van der Waals surface area (Å²) in [7, 11) is -3.50. The van der Waals surface area contributed by atoms with Gasteiger partial charge in [0, 0.05) is 30.7 Å². The number of anilines is 1. The second kappa shape index (κ2) is 7.28. The lowest BCUT2D eigenvalue weighted by molar-refractivity contribution is 0.579. The van der Waals surface area contributed by atoms with Gasteiger partial charge >= 0.3 is 0 Å². The third-order valence-corrected chi connectivity index (χ3v) is 6.01. The molecule has 2 rings (SSSR count). The molecule has 1 aromatic heterocycles. The Labute approximate surface area is 125 Å². The molecule has 2 N–H and O–H groups in total. The van der Waals surface area contributed by atoms with Gasteiger partial charge in [-0.2, -0.15) is 11.8 Å². The van der Waals surface area contributed by atoms with Crippen LogP contribution in [0.25, 0.3) is 0 Å². The maximum Gasteiger partial charge on any atom is 0.244 e. The molecule has 0 bridgehead atoms. The van der Waals surface area contributed by atoms with Crippen molar-refractivity contribution >= 4 is 27.5 Å². The van der Waals surface area contributed by atoms with Crippen LogP contribution in [0.1, 0.15) is 26.2 Å². The van der Waals surface area contributed by atoms with Crippen molar-refractivity contribution in [2.45, 2.75) is 36.3 Å². The fraction of sp³-hybridized carbons (Fsp3) is 0.615. The van der Waals surface area contributed by atoms with Crippen molar-refractivity contribution < 1.29 is 8.42 Å². The maximum atomic E-state index is 12.4. The SMILES string of the molecule is CCCNc1ccncc1S(=O)(=O)NCC1CCCS1. The zero-order valence-electron chi connectivity index (χ0n) is 11.6. The number of rotatable bonds is 7. The molecule has 0 saturated carbocycles. The zero-order chi connectivity index (χ0) is 14.4. The number of nitrogens with one attached hydrogen (secondary N) is 2. The van der Waals surface area contributed by atoms with Gasteiger partial charge in [-0.05, 0) is 31.1 Å². The third kappa shape index (κ3) is 4.10. The standard InChI is InChI=1S/C13H21N3O2S2/c1-2-6-15-12-5-7-14-10-13(12)20(17,18)16-9-11-4-3-8-19-11/h5,7,10-11,16H,2-4,6,8-9H2,1H3,(H,14,15). The van der Waals surface area contributed by atoms with E-state index in [1.807, 2.05) is 18.7 Å². The van der Waals surface area contributed by atoms with Gasteiger partial charge in [-0.1, -0.05) is 6.92 Å². The number of pyridine rings is 1. The van der Waals surface area contributed by atoms with Crippen LogP contribution in [0, 0.1) is 0 Å². The lowest BCUT2D eigenvalue weighted by Gasteiger charge is -2.14. The minimum atomic E-state index is -3.50. The highest BCUT2D eigenvalue weighted by molar-refractivity contribution is 8.00. The average molecular weight is 315 g/mol. The summed E-state index contributed by atoms with van der Waals surface area (Å²) in [5.74, 6) is 1.13. The molecule has 1 atom stereocenters. The maximum absolute atomic E-state index is 12.4. The van der Waals surface area contributed by atoms with Gasteiger partial charge < -0.3 is 5.32 Å².